The smallest absolute Gasteiger partial charge is 0.257 e. The fourth-order valence-electron chi connectivity index (χ4n) is 2.73. The molecular formula is C20H23N3O3S. The van der Waals surface area contributed by atoms with Crippen molar-refractivity contribution in [3.8, 4) is 16.3 Å². The molecule has 6 nitrogen and oxygen atoms in total. The van der Waals surface area contributed by atoms with Crippen molar-refractivity contribution in [1.82, 2.24) is 14.7 Å². The van der Waals surface area contributed by atoms with E-state index in [2.05, 4.69) is 0 Å². The molecule has 1 aromatic carbocycles. The Bertz CT molecular complexity index is 839. The van der Waals surface area contributed by atoms with Crippen molar-refractivity contribution in [3.05, 3.63) is 59.6 Å². The predicted octanol–water partition coefficient (Wildman–Crippen LogP) is 3.34. The molecule has 0 radical (unpaired) electrons. The third kappa shape index (κ3) is 4.63. The van der Waals surface area contributed by atoms with Crippen LogP contribution in [0.3, 0.4) is 0 Å². The van der Waals surface area contributed by atoms with Crippen molar-refractivity contribution < 1.29 is 14.3 Å². The third-order valence-electron chi connectivity index (χ3n) is 4.14. The van der Waals surface area contributed by atoms with Crippen molar-refractivity contribution in [2.45, 2.75) is 0 Å². The van der Waals surface area contributed by atoms with Crippen molar-refractivity contribution in [3.63, 3.8) is 0 Å². The zero-order valence-electron chi connectivity index (χ0n) is 15.5. The molecule has 0 aliphatic rings. The van der Waals surface area contributed by atoms with Crippen molar-refractivity contribution >= 4 is 17.2 Å². The summed E-state index contributed by atoms with van der Waals surface area (Å²) in [5.41, 5.74) is 2.18. The van der Waals surface area contributed by atoms with Gasteiger partial charge in [-0.15, -0.1) is 11.3 Å². The number of nitrogens with zero attached hydrogens (tertiary/aromatic N) is 3. The molecule has 0 saturated carbocycles. The first-order valence-electron chi connectivity index (χ1n) is 8.70. The van der Waals surface area contributed by atoms with Gasteiger partial charge in [0.2, 0.25) is 0 Å². The molecule has 0 saturated heterocycles. The van der Waals surface area contributed by atoms with Gasteiger partial charge in [0, 0.05) is 33.5 Å². The molecule has 0 bridgehead atoms. The summed E-state index contributed by atoms with van der Waals surface area (Å²) in [5, 5.41) is 6.69. The fourth-order valence-corrected chi connectivity index (χ4v) is 3.45. The summed E-state index contributed by atoms with van der Waals surface area (Å²) in [4.78, 5) is 16.0. The summed E-state index contributed by atoms with van der Waals surface area (Å²) in [6.07, 6.45) is 1.80. The van der Waals surface area contributed by atoms with Crippen LogP contribution in [0, 0.1) is 0 Å². The molecule has 3 aromatic rings. The van der Waals surface area contributed by atoms with Crippen molar-refractivity contribution in [2.24, 2.45) is 0 Å². The van der Waals surface area contributed by atoms with Gasteiger partial charge in [0.25, 0.3) is 5.91 Å². The van der Waals surface area contributed by atoms with E-state index in [0.29, 0.717) is 37.6 Å². The minimum atomic E-state index is -0.0744. The third-order valence-corrected chi connectivity index (χ3v) is 5.01. The molecule has 0 atom stereocenters. The van der Waals surface area contributed by atoms with Crippen LogP contribution < -0.4 is 0 Å². The summed E-state index contributed by atoms with van der Waals surface area (Å²) < 4.78 is 12.1. The molecular weight excluding hydrogens is 362 g/mol. The first-order valence-corrected chi connectivity index (χ1v) is 9.58. The number of carbonyl (C=O) groups is 1. The van der Waals surface area contributed by atoms with E-state index >= 15 is 0 Å². The Kier molecular flexibility index (Phi) is 6.75. The first kappa shape index (κ1) is 19.3. The Morgan fingerprint density at radius 2 is 1.78 bits per heavy atom. The number of hydrogen-bond donors (Lipinski definition) is 0. The second-order valence-corrected chi connectivity index (χ2v) is 6.87. The number of benzene rings is 1. The lowest BCUT2D eigenvalue weighted by Crippen LogP contribution is -2.36. The summed E-state index contributed by atoms with van der Waals surface area (Å²) in [7, 11) is 3.26. The van der Waals surface area contributed by atoms with E-state index in [1.54, 1.807) is 41.3 Å². The number of hydrogen-bond acceptors (Lipinski definition) is 5. The number of methoxy groups -OCH3 is 2. The molecule has 0 fully saturated rings. The molecule has 7 heteroatoms. The maximum atomic E-state index is 13.3. The maximum Gasteiger partial charge on any atom is 0.257 e. The molecule has 27 heavy (non-hydrogen) atoms. The largest absolute Gasteiger partial charge is 0.383 e. The average Bonchev–Trinajstić information content (AvgIpc) is 3.38. The number of aromatic nitrogens is 2. The molecule has 0 spiro atoms. The van der Waals surface area contributed by atoms with Gasteiger partial charge in [-0.2, -0.15) is 5.10 Å². The lowest BCUT2D eigenvalue weighted by atomic mass is 10.2. The highest BCUT2D eigenvalue weighted by atomic mass is 32.1. The van der Waals surface area contributed by atoms with Gasteiger partial charge in [-0.1, -0.05) is 24.3 Å². The highest BCUT2D eigenvalue weighted by Crippen LogP contribution is 2.28. The van der Waals surface area contributed by atoms with Crippen LogP contribution in [0.5, 0.6) is 0 Å². The van der Waals surface area contributed by atoms with Gasteiger partial charge >= 0.3 is 0 Å². The number of rotatable bonds is 9. The monoisotopic (exact) mass is 385 g/mol. The number of amides is 1. The van der Waals surface area contributed by atoms with E-state index in [-0.39, 0.29) is 5.91 Å². The van der Waals surface area contributed by atoms with Crippen LogP contribution in [0.15, 0.2) is 54.0 Å². The van der Waals surface area contributed by atoms with Crippen molar-refractivity contribution in [2.75, 3.05) is 40.5 Å². The number of para-hydroxylation sites is 1. The normalized spacial score (nSPS) is 10.9. The van der Waals surface area contributed by atoms with E-state index in [4.69, 9.17) is 14.6 Å². The Hall–Kier alpha value is -2.48. The van der Waals surface area contributed by atoms with E-state index in [0.717, 1.165) is 10.6 Å². The average molecular weight is 385 g/mol. The van der Waals surface area contributed by atoms with E-state index in [1.807, 2.05) is 47.8 Å². The molecule has 0 aliphatic carbocycles. The summed E-state index contributed by atoms with van der Waals surface area (Å²) in [6, 6.07) is 13.7. The van der Waals surface area contributed by atoms with Crippen LogP contribution >= 0.6 is 11.3 Å². The number of ether oxygens (including phenoxy) is 2. The molecule has 2 heterocycles. The Morgan fingerprint density at radius 3 is 2.37 bits per heavy atom. The fraction of sp³-hybridized carbons (Fsp3) is 0.300. The zero-order valence-corrected chi connectivity index (χ0v) is 16.3. The summed E-state index contributed by atoms with van der Waals surface area (Å²) in [6.45, 7) is 1.94. The number of thiophene rings is 1. The quantitative estimate of drug-likeness (QED) is 0.567. The van der Waals surface area contributed by atoms with E-state index in [9.17, 15) is 4.79 Å². The molecule has 2 aromatic heterocycles. The maximum absolute atomic E-state index is 13.3. The van der Waals surface area contributed by atoms with Gasteiger partial charge < -0.3 is 14.4 Å². The topological polar surface area (TPSA) is 56.6 Å². The minimum Gasteiger partial charge on any atom is -0.383 e. The van der Waals surface area contributed by atoms with E-state index in [1.165, 1.54) is 0 Å². The van der Waals surface area contributed by atoms with Gasteiger partial charge in [-0.3, -0.25) is 4.79 Å². The Balaban J connectivity index is 1.98. The van der Waals surface area contributed by atoms with Gasteiger partial charge in [-0.25, -0.2) is 4.68 Å². The second kappa shape index (κ2) is 9.45. The lowest BCUT2D eigenvalue weighted by molar-refractivity contribution is 0.0628. The summed E-state index contributed by atoms with van der Waals surface area (Å²) >= 11 is 1.57. The SMILES string of the molecule is COCCN(CCOC)C(=O)c1cn(-c2ccccc2)nc1-c1cccs1. The van der Waals surface area contributed by atoms with Gasteiger partial charge in [0.05, 0.1) is 29.3 Å². The van der Waals surface area contributed by atoms with Crippen LogP contribution in [0.1, 0.15) is 10.4 Å². The molecule has 1 amide bonds. The molecule has 142 valence electrons. The van der Waals surface area contributed by atoms with Crippen LogP contribution in [-0.2, 0) is 9.47 Å². The highest BCUT2D eigenvalue weighted by Gasteiger charge is 2.23. The van der Waals surface area contributed by atoms with Crippen LogP contribution in [0.25, 0.3) is 16.3 Å². The molecule has 0 unspecified atom stereocenters. The first-order chi connectivity index (χ1) is 13.2. The van der Waals surface area contributed by atoms with Crippen LogP contribution in [-0.4, -0.2) is 61.1 Å². The van der Waals surface area contributed by atoms with Crippen LogP contribution in [0.4, 0.5) is 0 Å². The second-order valence-electron chi connectivity index (χ2n) is 5.93. The van der Waals surface area contributed by atoms with Gasteiger partial charge in [0.15, 0.2) is 0 Å². The molecule has 3 rings (SSSR count). The van der Waals surface area contributed by atoms with Gasteiger partial charge in [0.1, 0.15) is 5.69 Å². The minimum absolute atomic E-state index is 0.0744. The zero-order chi connectivity index (χ0) is 19.1. The Morgan fingerprint density at radius 1 is 1.07 bits per heavy atom. The standard InChI is InChI=1S/C20H23N3O3S/c1-25-12-10-22(11-13-26-2)20(24)17-15-23(16-7-4-3-5-8-16)21-19(17)18-9-6-14-27-18/h3-9,14-15H,10-13H2,1-2H3. The molecule has 0 N–H and O–H groups in total. The molecule has 0 aliphatic heterocycles. The van der Waals surface area contributed by atoms with Crippen LogP contribution in [0.2, 0.25) is 0 Å². The highest BCUT2D eigenvalue weighted by molar-refractivity contribution is 7.13. The lowest BCUT2D eigenvalue weighted by Gasteiger charge is -2.21. The summed E-state index contributed by atoms with van der Waals surface area (Å²) in [5.74, 6) is -0.0744. The van der Waals surface area contributed by atoms with Gasteiger partial charge in [-0.05, 0) is 23.6 Å². The van der Waals surface area contributed by atoms with E-state index < -0.39 is 0 Å². The number of carbonyl (C=O) groups excluding carboxylic acids is 1. The van der Waals surface area contributed by atoms with Crippen molar-refractivity contribution in [1.29, 1.82) is 0 Å². The Labute approximate surface area is 162 Å². The predicted molar refractivity (Wildman–Crippen MR) is 107 cm³/mol.